The van der Waals surface area contributed by atoms with Crippen molar-refractivity contribution in [1.29, 1.82) is 0 Å². The molecular formula is C12H6N2S2. The fourth-order valence-electron chi connectivity index (χ4n) is 2.03. The number of fused-ring (bicyclic) bond motifs is 4. The van der Waals surface area contributed by atoms with Crippen LogP contribution in [0.1, 0.15) is 0 Å². The molecule has 2 aromatic heterocycles. The summed E-state index contributed by atoms with van der Waals surface area (Å²) < 4.78 is 5.61. The average molecular weight is 242 g/mol. The van der Waals surface area contributed by atoms with E-state index in [9.17, 15) is 0 Å². The van der Waals surface area contributed by atoms with E-state index in [0.29, 0.717) is 0 Å². The topological polar surface area (TPSA) is 25.8 Å². The smallest absolute Gasteiger partial charge is 0.0957 e. The van der Waals surface area contributed by atoms with Gasteiger partial charge in [-0.25, -0.2) is 4.98 Å². The second-order valence-corrected chi connectivity index (χ2v) is 5.60. The van der Waals surface area contributed by atoms with E-state index in [0.717, 1.165) is 16.6 Å². The molecule has 0 aliphatic carbocycles. The van der Waals surface area contributed by atoms with Crippen LogP contribution >= 0.6 is 20.9 Å². The molecule has 4 rings (SSSR count). The molecule has 0 unspecified atom stereocenters. The van der Waals surface area contributed by atoms with Gasteiger partial charge in [0.1, 0.15) is 0 Å². The lowest BCUT2D eigenvalue weighted by Gasteiger charge is -1.89. The van der Waals surface area contributed by atoms with E-state index in [1.807, 2.05) is 6.07 Å². The van der Waals surface area contributed by atoms with Crippen LogP contribution < -0.4 is 0 Å². The van der Waals surface area contributed by atoms with E-state index >= 15 is 0 Å². The SMILES string of the molecule is c1ccc2c(c1)nc1cc3ssnc3cc12. The second kappa shape index (κ2) is 2.99. The van der Waals surface area contributed by atoms with E-state index in [1.54, 1.807) is 10.3 Å². The molecule has 2 aromatic carbocycles. The molecule has 2 heterocycles. The Morgan fingerprint density at radius 2 is 1.81 bits per heavy atom. The maximum Gasteiger partial charge on any atom is 0.0957 e. The monoisotopic (exact) mass is 242 g/mol. The van der Waals surface area contributed by atoms with Crippen LogP contribution in [-0.2, 0) is 0 Å². The van der Waals surface area contributed by atoms with Crippen LogP contribution in [0.2, 0.25) is 0 Å². The minimum absolute atomic E-state index is 1.07. The fourth-order valence-corrected chi connectivity index (χ4v) is 3.78. The molecule has 76 valence electrons. The van der Waals surface area contributed by atoms with E-state index in [-0.39, 0.29) is 0 Å². The lowest BCUT2D eigenvalue weighted by molar-refractivity contribution is 1.55. The first-order valence-electron chi connectivity index (χ1n) is 4.96. The molecule has 4 heteroatoms. The molecule has 0 fully saturated rings. The average Bonchev–Trinajstić information content (AvgIpc) is 2.88. The van der Waals surface area contributed by atoms with Gasteiger partial charge in [0.2, 0.25) is 0 Å². The third kappa shape index (κ3) is 1.06. The van der Waals surface area contributed by atoms with Gasteiger partial charge in [-0.05, 0) is 18.2 Å². The number of hydrogen-bond donors (Lipinski definition) is 0. The standard InChI is InChI=1S/C12H6N2S2/c1-2-4-9-7(3-1)8-5-11-12(15-16-14-11)6-10(8)13-9/h1-6H. The van der Waals surface area contributed by atoms with Crippen molar-refractivity contribution in [2.75, 3.05) is 0 Å². The summed E-state index contributed by atoms with van der Waals surface area (Å²) in [6.07, 6.45) is 0. The Bertz CT molecular complexity index is 813. The molecule has 0 N–H and O–H groups in total. The normalized spacial score (nSPS) is 11.8. The molecular weight excluding hydrogens is 236 g/mol. The highest BCUT2D eigenvalue weighted by Crippen LogP contribution is 2.31. The molecule has 0 bridgehead atoms. The third-order valence-corrected chi connectivity index (χ3v) is 4.61. The molecule has 0 saturated heterocycles. The molecule has 0 atom stereocenters. The van der Waals surface area contributed by atoms with Gasteiger partial charge in [-0.15, -0.1) is 0 Å². The van der Waals surface area contributed by atoms with Crippen LogP contribution in [0.15, 0.2) is 36.4 Å². The van der Waals surface area contributed by atoms with E-state index < -0.39 is 0 Å². The largest absolute Gasteiger partial charge is 0.248 e. The Labute approximate surface area is 98.7 Å². The summed E-state index contributed by atoms with van der Waals surface area (Å²) >= 11 is 0. The number of benzene rings is 2. The Hall–Kier alpha value is -1.52. The van der Waals surface area contributed by atoms with Gasteiger partial charge in [-0.1, -0.05) is 28.5 Å². The van der Waals surface area contributed by atoms with Crippen molar-refractivity contribution < 1.29 is 0 Å². The summed E-state index contributed by atoms with van der Waals surface area (Å²) in [5.41, 5.74) is 3.23. The Kier molecular flexibility index (Phi) is 1.61. The van der Waals surface area contributed by atoms with Crippen molar-refractivity contribution in [3.05, 3.63) is 36.4 Å². The molecule has 0 aliphatic heterocycles. The van der Waals surface area contributed by atoms with Crippen LogP contribution in [-0.4, -0.2) is 9.36 Å². The number of rotatable bonds is 0. The van der Waals surface area contributed by atoms with Crippen LogP contribution in [0.5, 0.6) is 0 Å². The van der Waals surface area contributed by atoms with Gasteiger partial charge < -0.3 is 0 Å². The first-order chi connectivity index (χ1) is 7.92. The highest BCUT2D eigenvalue weighted by molar-refractivity contribution is 7.69. The van der Waals surface area contributed by atoms with Gasteiger partial charge in [-0.3, -0.25) is 0 Å². The van der Waals surface area contributed by atoms with E-state index in [2.05, 4.69) is 39.7 Å². The Morgan fingerprint density at radius 1 is 0.875 bits per heavy atom. The predicted octanol–water partition coefficient (Wildman–Crippen LogP) is 4.06. The first-order valence-corrected chi connectivity index (χ1v) is 7.06. The van der Waals surface area contributed by atoms with Crippen molar-refractivity contribution in [3.8, 4) is 0 Å². The summed E-state index contributed by atoms with van der Waals surface area (Å²) in [7, 11) is 3.24. The quantitative estimate of drug-likeness (QED) is 0.435. The fraction of sp³-hybridized carbons (Fsp3) is 0. The van der Waals surface area contributed by atoms with Gasteiger partial charge >= 0.3 is 0 Å². The number of para-hydroxylation sites is 1. The van der Waals surface area contributed by atoms with Crippen LogP contribution in [0.4, 0.5) is 0 Å². The predicted molar refractivity (Wildman–Crippen MR) is 70.3 cm³/mol. The molecule has 2 nitrogen and oxygen atoms in total. The van der Waals surface area contributed by atoms with E-state index in [1.165, 1.54) is 26.0 Å². The van der Waals surface area contributed by atoms with Crippen molar-refractivity contribution in [2.45, 2.75) is 0 Å². The summed E-state index contributed by atoms with van der Waals surface area (Å²) in [5.74, 6) is 0. The van der Waals surface area contributed by atoms with Crippen LogP contribution in [0.25, 0.3) is 32.0 Å². The Morgan fingerprint density at radius 3 is 2.81 bits per heavy atom. The van der Waals surface area contributed by atoms with Gasteiger partial charge in [0, 0.05) is 21.3 Å². The second-order valence-electron chi connectivity index (χ2n) is 3.72. The van der Waals surface area contributed by atoms with Gasteiger partial charge in [-0.2, -0.15) is 4.37 Å². The van der Waals surface area contributed by atoms with E-state index in [4.69, 9.17) is 0 Å². The third-order valence-electron chi connectivity index (χ3n) is 2.78. The zero-order chi connectivity index (χ0) is 10.5. The summed E-state index contributed by atoms with van der Waals surface area (Å²) in [6.45, 7) is 0. The molecule has 0 radical (unpaired) electrons. The maximum absolute atomic E-state index is 4.63. The minimum Gasteiger partial charge on any atom is -0.248 e. The number of nitrogens with zero attached hydrogens (tertiary/aromatic N) is 2. The number of hydrogen-bond acceptors (Lipinski definition) is 4. The molecule has 0 saturated carbocycles. The summed E-state index contributed by atoms with van der Waals surface area (Å²) in [6, 6.07) is 12.5. The van der Waals surface area contributed by atoms with Crippen LogP contribution in [0, 0.1) is 0 Å². The summed E-state index contributed by atoms with van der Waals surface area (Å²) in [4.78, 5) is 4.63. The van der Waals surface area contributed by atoms with Crippen molar-refractivity contribution >= 4 is 52.9 Å². The lowest BCUT2D eigenvalue weighted by Crippen LogP contribution is -1.68. The zero-order valence-electron chi connectivity index (χ0n) is 8.18. The molecule has 16 heavy (non-hydrogen) atoms. The van der Waals surface area contributed by atoms with Crippen molar-refractivity contribution in [2.24, 2.45) is 0 Å². The minimum atomic E-state index is 1.07. The highest BCUT2D eigenvalue weighted by Gasteiger charge is 2.07. The molecule has 4 aromatic rings. The lowest BCUT2D eigenvalue weighted by atomic mass is 10.1. The van der Waals surface area contributed by atoms with Gasteiger partial charge in [0.25, 0.3) is 0 Å². The zero-order valence-corrected chi connectivity index (χ0v) is 9.81. The van der Waals surface area contributed by atoms with Crippen LogP contribution in [0.3, 0.4) is 0 Å². The van der Waals surface area contributed by atoms with Crippen molar-refractivity contribution in [3.63, 3.8) is 0 Å². The molecule has 0 amide bonds. The first kappa shape index (κ1) is 8.61. The molecule has 0 spiro atoms. The number of aromatic nitrogens is 2. The van der Waals surface area contributed by atoms with Gasteiger partial charge in [0.15, 0.2) is 0 Å². The molecule has 0 aliphatic rings. The Balaban J connectivity index is 2.32. The van der Waals surface area contributed by atoms with Crippen molar-refractivity contribution in [1.82, 2.24) is 9.36 Å². The summed E-state index contributed by atoms with van der Waals surface area (Å²) in [5, 5.41) is 2.43. The highest BCUT2D eigenvalue weighted by atomic mass is 32.9. The van der Waals surface area contributed by atoms with Gasteiger partial charge in [0.05, 0.1) is 21.3 Å². The maximum atomic E-state index is 4.63.